The predicted octanol–water partition coefficient (Wildman–Crippen LogP) is 2.63. The van der Waals surface area contributed by atoms with Crippen LogP contribution in [0.25, 0.3) is 11.3 Å². The van der Waals surface area contributed by atoms with Crippen LogP contribution < -0.4 is 0 Å². The Kier molecular flexibility index (Phi) is 3.01. The number of hydrogen-bond donors (Lipinski definition) is 1. The van der Waals surface area contributed by atoms with Crippen LogP contribution in [0.3, 0.4) is 0 Å². The summed E-state index contributed by atoms with van der Waals surface area (Å²) in [5.74, 6) is -2.08. The zero-order chi connectivity index (χ0) is 12.4. The maximum Gasteiger partial charge on any atom is 0.373 e. The molecule has 0 saturated heterocycles. The molecule has 1 N–H and O–H groups in total. The van der Waals surface area contributed by atoms with Gasteiger partial charge in [0, 0.05) is 11.8 Å². The van der Waals surface area contributed by atoms with Crippen molar-refractivity contribution >= 4 is 17.6 Å². The van der Waals surface area contributed by atoms with Gasteiger partial charge in [0.25, 0.3) is 0 Å². The standard InChI is InChI=1S/C11H6ClFN2O2/c12-7-5-6(1-2-8(7)13)9-3-4-14-10(15-9)11(16)17/h1-5H,(H,16,17). The number of carboxylic acids is 1. The van der Waals surface area contributed by atoms with E-state index in [1.165, 1.54) is 30.5 Å². The lowest BCUT2D eigenvalue weighted by molar-refractivity contribution is 0.0683. The monoisotopic (exact) mass is 252 g/mol. The van der Waals surface area contributed by atoms with E-state index in [-0.39, 0.29) is 10.8 Å². The van der Waals surface area contributed by atoms with Gasteiger partial charge in [0.05, 0.1) is 10.7 Å². The summed E-state index contributed by atoms with van der Waals surface area (Å²) in [5.41, 5.74) is 0.903. The number of aromatic carboxylic acids is 1. The first-order chi connectivity index (χ1) is 8.08. The van der Waals surface area contributed by atoms with Gasteiger partial charge in [-0.05, 0) is 24.3 Å². The summed E-state index contributed by atoms with van der Waals surface area (Å²) >= 11 is 5.63. The van der Waals surface area contributed by atoms with E-state index in [1.807, 2.05) is 0 Å². The van der Waals surface area contributed by atoms with Crippen LogP contribution >= 0.6 is 11.6 Å². The lowest BCUT2D eigenvalue weighted by Crippen LogP contribution is -2.04. The van der Waals surface area contributed by atoms with Gasteiger partial charge < -0.3 is 5.11 Å². The Bertz CT molecular complexity index is 589. The van der Waals surface area contributed by atoms with Crippen molar-refractivity contribution in [3.63, 3.8) is 0 Å². The van der Waals surface area contributed by atoms with E-state index in [2.05, 4.69) is 9.97 Å². The smallest absolute Gasteiger partial charge is 0.373 e. The molecule has 2 aromatic rings. The molecular weight excluding hydrogens is 247 g/mol. The van der Waals surface area contributed by atoms with Crippen molar-refractivity contribution in [3.05, 3.63) is 47.1 Å². The first-order valence-corrected chi connectivity index (χ1v) is 4.97. The van der Waals surface area contributed by atoms with Gasteiger partial charge in [-0.1, -0.05) is 11.6 Å². The Hall–Kier alpha value is -2.01. The number of carbonyl (C=O) groups is 1. The van der Waals surface area contributed by atoms with Gasteiger partial charge in [-0.2, -0.15) is 0 Å². The van der Waals surface area contributed by atoms with Crippen LogP contribution in [-0.2, 0) is 0 Å². The van der Waals surface area contributed by atoms with Crippen LogP contribution in [0.4, 0.5) is 4.39 Å². The van der Waals surface area contributed by atoms with Gasteiger partial charge in [0.15, 0.2) is 0 Å². The first kappa shape index (κ1) is 11.5. The van der Waals surface area contributed by atoms with E-state index in [4.69, 9.17) is 16.7 Å². The highest BCUT2D eigenvalue weighted by Crippen LogP contribution is 2.23. The molecule has 17 heavy (non-hydrogen) atoms. The largest absolute Gasteiger partial charge is 0.475 e. The Morgan fingerprint density at radius 1 is 1.35 bits per heavy atom. The van der Waals surface area contributed by atoms with Gasteiger partial charge >= 0.3 is 5.97 Å². The normalized spacial score (nSPS) is 10.2. The molecule has 1 aromatic carbocycles. The van der Waals surface area contributed by atoms with Crippen molar-refractivity contribution in [2.24, 2.45) is 0 Å². The fraction of sp³-hybridized carbons (Fsp3) is 0. The third-order valence-electron chi connectivity index (χ3n) is 2.06. The minimum Gasteiger partial charge on any atom is -0.475 e. The van der Waals surface area contributed by atoms with E-state index in [9.17, 15) is 9.18 Å². The molecule has 4 nitrogen and oxygen atoms in total. The van der Waals surface area contributed by atoms with Crippen LogP contribution in [-0.4, -0.2) is 21.0 Å². The second-order valence-electron chi connectivity index (χ2n) is 3.20. The van der Waals surface area contributed by atoms with Gasteiger partial charge in [0.2, 0.25) is 5.82 Å². The number of carboxylic acid groups (broad SMARTS) is 1. The molecule has 0 aliphatic carbocycles. The minimum atomic E-state index is -1.22. The van der Waals surface area contributed by atoms with Gasteiger partial charge in [-0.3, -0.25) is 0 Å². The van der Waals surface area contributed by atoms with E-state index in [1.54, 1.807) is 0 Å². The molecule has 1 heterocycles. The molecule has 0 aliphatic heterocycles. The van der Waals surface area contributed by atoms with Gasteiger partial charge in [-0.25, -0.2) is 19.2 Å². The molecule has 0 unspecified atom stereocenters. The highest BCUT2D eigenvalue weighted by atomic mass is 35.5. The first-order valence-electron chi connectivity index (χ1n) is 4.59. The summed E-state index contributed by atoms with van der Waals surface area (Å²) in [6.07, 6.45) is 1.32. The van der Waals surface area contributed by atoms with Crippen LogP contribution in [0.2, 0.25) is 5.02 Å². The zero-order valence-electron chi connectivity index (χ0n) is 8.39. The number of rotatable bonds is 2. The van der Waals surface area contributed by atoms with Crippen LogP contribution in [0.1, 0.15) is 10.6 Å². The predicted molar refractivity (Wildman–Crippen MR) is 59.4 cm³/mol. The number of benzene rings is 1. The molecule has 6 heteroatoms. The Labute approximate surface area is 101 Å². The molecule has 2 rings (SSSR count). The molecule has 0 bridgehead atoms. The molecule has 1 aromatic heterocycles. The molecule has 0 atom stereocenters. The van der Waals surface area contributed by atoms with Crippen molar-refractivity contribution < 1.29 is 14.3 Å². The maximum atomic E-state index is 13.0. The number of aromatic nitrogens is 2. The molecular formula is C11H6ClFN2O2. The van der Waals surface area contributed by atoms with Crippen molar-refractivity contribution in [2.75, 3.05) is 0 Å². The molecule has 0 radical (unpaired) electrons. The van der Waals surface area contributed by atoms with Gasteiger partial charge in [0.1, 0.15) is 5.82 Å². The lowest BCUT2D eigenvalue weighted by atomic mass is 10.1. The molecule has 0 aliphatic rings. The second kappa shape index (κ2) is 4.47. The van der Waals surface area contributed by atoms with Crippen molar-refractivity contribution in [2.45, 2.75) is 0 Å². The van der Waals surface area contributed by atoms with Gasteiger partial charge in [-0.15, -0.1) is 0 Å². The quantitative estimate of drug-likeness (QED) is 0.892. The SMILES string of the molecule is O=C(O)c1nccc(-c2ccc(F)c(Cl)c2)n1. The van der Waals surface area contributed by atoms with E-state index < -0.39 is 11.8 Å². The fourth-order valence-electron chi connectivity index (χ4n) is 1.28. The summed E-state index contributed by atoms with van der Waals surface area (Å²) in [6, 6.07) is 5.57. The molecule has 86 valence electrons. The Morgan fingerprint density at radius 2 is 2.12 bits per heavy atom. The maximum absolute atomic E-state index is 13.0. The van der Waals surface area contributed by atoms with E-state index in [0.717, 1.165) is 0 Å². The van der Waals surface area contributed by atoms with E-state index >= 15 is 0 Å². The summed E-state index contributed by atoms with van der Waals surface area (Å²) in [6.45, 7) is 0. The summed E-state index contributed by atoms with van der Waals surface area (Å²) in [5, 5.41) is 8.70. The number of halogens is 2. The summed E-state index contributed by atoms with van der Waals surface area (Å²) in [4.78, 5) is 18.1. The van der Waals surface area contributed by atoms with Crippen molar-refractivity contribution in [1.29, 1.82) is 0 Å². The fourth-order valence-corrected chi connectivity index (χ4v) is 1.46. The number of hydrogen-bond acceptors (Lipinski definition) is 3. The summed E-state index contributed by atoms with van der Waals surface area (Å²) in [7, 11) is 0. The third kappa shape index (κ3) is 2.39. The Morgan fingerprint density at radius 3 is 2.76 bits per heavy atom. The molecule has 0 spiro atoms. The summed E-state index contributed by atoms with van der Waals surface area (Å²) < 4.78 is 13.0. The van der Waals surface area contributed by atoms with Crippen molar-refractivity contribution in [3.8, 4) is 11.3 Å². The highest BCUT2D eigenvalue weighted by molar-refractivity contribution is 6.31. The zero-order valence-corrected chi connectivity index (χ0v) is 9.15. The number of nitrogens with zero attached hydrogens (tertiary/aromatic N) is 2. The highest BCUT2D eigenvalue weighted by Gasteiger charge is 2.09. The second-order valence-corrected chi connectivity index (χ2v) is 3.61. The average molecular weight is 253 g/mol. The average Bonchev–Trinajstić information content (AvgIpc) is 2.33. The third-order valence-corrected chi connectivity index (χ3v) is 2.35. The van der Waals surface area contributed by atoms with Crippen LogP contribution in [0.15, 0.2) is 30.5 Å². The molecule has 0 amide bonds. The molecule has 0 fully saturated rings. The van der Waals surface area contributed by atoms with Crippen LogP contribution in [0.5, 0.6) is 0 Å². The topological polar surface area (TPSA) is 63.1 Å². The van der Waals surface area contributed by atoms with E-state index in [0.29, 0.717) is 11.3 Å². The minimum absolute atomic E-state index is 0.0435. The van der Waals surface area contributed by atoms with Crippen LogP contribution in [0, 0.1) is 5.82 Å². The Balaban J connectivity index is 2.49. The van der Waals surface area contributed by atoms with Crippen molar-refractivity contribution in [1.82, 2.24) is 9.97 Å². The lowest BCUT2D eigenvalue weighted by Gasteiger charge is -2.02. The molecule has 0 saturated carbocycles.